The van der Waals surface area contributed by atoms with Gasteiger partial charge in [-0.15, -0.1) is 0 Å². The normalized spacial score (nSPS) is 15.3. The van der Waals surface area contributed by atoms with Gasteiger partial charge in [-0.3, -0.25) is 18.6 Å². The number of halogens is 2. The standard InChI is InChI=1S/C30H34F2N6O2S/c1-17-13-22(19(3)35-25-8-7-18(2)34-28(25)41(6)40)26-23(14-17)30(39)36(5)29(27(26)32)38-11-9-37(10-12-38)21-15-24(31)20(4)33-16-21/h7-8,13-16,19,35H,9-12H2,1-6H3/t19-,41?/m1/s1. The SMILES string of the molecule is Cc1cc([C@@H](C)Nc2ccc(C)nc2S(C)=O)c2c(F)c(N3CCN(c4cnc(C)c(F)c4)CC3)n(C)c(=O)c2c1. The van der Waals surface area contributed by atoms with Gasteiger partial charge < -0.3 is 15.1 Å². The number of benzene rings is 1. The molecule has 5 rings (SSSR count). The molecule has 216 valence electrons. The molecule has 2 atom stereocenters. The number of aromatic nitrogens is 3. The Labute approximate surface area is 240 Å². The van der Waals surface area contributed by atoms with Crippen LogP contribution in [0, 0.1) is 32.4 Å². The number of fused-ring (bicyclic) bond motifs is 1. The maximum Gasteiger partial charge on any atom is 0.259 e. The third kappa shape index (κ3) is 5.42. The molecule has 0 amide bonds. The first kappa shape index (κ1) is 28.7. The zero-order chi connectivity index (χ0) is 29.6. The number of pyridine rings is 3. The zero-order valence-corrected chi connectivity index (χ0v) is 24.9. The van der Waals surface area contributed by atoms with E-state index in [0.29, 0.717) is 59.2 Å². The third-order valence-corrected chi connectivity index (χ3v) is 8.50. The number of rotatable bonds is 6. The van der Waals surface area contributed by atoms with E-state index in [1.165, 1.54) is 10.6 Å². The highest BCUT2D eigenvalue weighted by Crippen LogP contribution is 2.34. The topological polar surface area (TPSA) is 83.4 Å². The van der Waals surface area contributed by atoms with Gasteiger partial charge >= 0.3 is 0 Å². The molecule has 1 saturated heterocycles. The van der Waals surface area contributed by atoms with Gasteiger partial charge in [-0.05, 0) is 57.0 Å². The van der Waals surface area contributed by atoms with Crippen molar-refractivity contribution in [2.24, 2.45) is 7.05 Å². The summed E-state index contributed by atoms with van der Waals surface area (Å²) in [6, 6.07) is 8.30. The van der Waals surface area contributed by atoms with E-state index in [9.17, 15) is 13.4 Å². The lowest BCUT2D eigenvalue weighted by molar-refractivity contribution is 0.574. The van der Waals surface area contributed by atoms with E-state index >= 15 is 4.39 Å². The first-order chi connectivity index (χ1) is 19.5. The number of anilines is 3. The predicted octanol–water partition coefficient (Wildman–Crippen LogP) is 4.77. The molecule has 4 heterocycles. The van der Waals surface area contributed by atoms with Gasteiger partial charge in [0, 0.05) is 62.7 Å². The number of piperazine rings is 1. The summed E-state index contributed by atoms with van der Waals surface area (Å²) in [6.07, 6.45) is 3.22. The van der Waals surface area contributed by atoms with Gasteiger partial charge in [-0.25, -0.2) is 13.8 Å². The Balaban J connectivity index is 1.53. The summed E-state index contributed by atoms with van der Waals surface area (Å²) in [6.45, 7) is 9.15. The van der Waals surface area contributed by atoms with Crippen molar-refractivity contribution in [2.75, 3.05) is 47.6 Å². The minimum absolute atomic E-state index is 0.222. The van der Waals surface area contributed by atoms with E-state index in [4.69, 9.17) is 0 Å². The average molecular weight is 581 g/mol. The molecule has 4 aromatic rings. The molecule has 41 heavy (non-hydrogen) atoms. The summed E-state index contributed by atoms with van der Waals surface area (Å²) in [5.74, 6) is -0.610. The van der Waals surface area contributed by atoms with Gasteiger partial charge in [-0.1, -0.05) is 6.07 Å². The second kappa shape index (κ2) is 11.2. The Bertz CT molecular complexity index is 1730. The third-order valence-electron chi connectivity index (χ3n) is 7.65. The highest BCUT2D eigenvalue weighted by atomic mass is 32.2. The summed E-state index contributed by atoms with van der Waals surface area (Å²) < 4.78 is 44.5. The van der Waals surface area contributed by atoms with Crippen LogP contribution in [-0.2, 0) is 17.8 Å². The quantitative estimate of drug-likeness (QED) is 0.352. The van der Waals surface area contributed by atoms with E-state index in [1.807, 2.05) is 48.8 Å². The molecule has 1 aliphatic heterocycles. The van der Waals surface area contributed by atoms with Gasteiger partial charge in [0.25, 0.3) is 5.56 Å². The van der Waals surface area contributed by atoms with Crippen LogP contribution in [0.5, 0.6) is 0 Å². The second-order valence-corrected chi connectivity index (χ2v) is 11.9. The van der Waals surface area contributed by atoms with Crippen LogP contribution in [0.25, 0.3) is 10.8 Å². The highest BCUT2D eigenvalue weighted by molar-refractivity contribution is 7.84. The van der Waals surface area contributed by atoms with Gasteiger partial charge in [-0.2, -0.15) is 0 Å². The molecule has 0 bridgehead atoms. The average Bonchev–Trinajstić information content (AvgIpc) is 2.94. The van der Waals surface area contributed by atoms with E-state index in [-0.39, 0.29) is 22.6 Å². The lowest BCUT2D eigenvalue weighted by Crippen LogP contribution is -2.48. The van der Waals surface area contributed by atoms with Gasteiger partial charge in [0.2, 0.25) is 0 Å². The summed E-state index contributed by atoms with van der Waals surface area (Å²) in [7, 11) is 0.264. The molecule has 1 aromatic carbocycles. The first-order valence-corrected chi connectivity index (χ1v) is 15.0. The van der Waals surface area contributed by atoms with Gasteiger partial charge in [0.15, 0.2) is 5.82 Å². The van der Waals surface area contributed by atoms with E-state index in [2.05, 4.69) is 15.3 Å². The molecular weight excluding hydrogens is 546 g/mol. The lowest BCUT2D eigenvalue weighted by atomic mass is 9.97. The monoisotopic (exact) mass is 580 g/mol. The van der Waals surface area contributed by atoms with Gasteiger partial charge in [0.05, 0.1) is 39.5 Å². The van der Waals surface area contributed by atoms with Crippen LogP contribution < -0.4 is 20.7 Å². The number of hydrogen-bond donors (Lipinski definition) is 1. The lowest BCUT2D eigenvalue weighted by Gasteiger charge is -2.38. The van der Waals surface area contributed by atoms with E-state index < -0.39 is 22.7 Å². The fourth-order valence-electron chi connectivity index (χ4n) is 5.47. The second-order valence-electron chi connectivity index (χ2n) is 10.6. The molecular formula is C30H34F2N6O2S. The van der Waals surface area contributed by atoms with Crippen LogP contribution in [0.4, 0.5) is 26.0 Å². The van der Waals surface area contributed by atoms with E-state index in [1.54, 1.807) is 32.5 Å². The highest BCUT2D eigenvalue weighted by Gasteiger charge is 2.27. The van der Waals surface area contributed by atoms with Crippen molar-refractivity contribution in [2.45, 2.75) is 38.8 Å². The molecule has 8 nitrogen and oxygen atoms in total. The molecule has 0 saturated carbocycles. The predicted molar refractivity (Wildman–Crippen MR) is 161 cm³/mol. The molecule has 0 radical (unpaired) electrons. The molecule has 1 unspecified atom stereocenters. The summed E-state index contributed by atoms with van der Waals surface area (Å²) in [4.78, 5) is 26.0. The molecule has 0 spiro atoms. The summed E-state index contributed by atoms with van der Waals surface area (Å²) in [5.41, 5.74) is 3.54. The fourth-order valence-corrected chi connectivity index (χ4v) is 6.18. The smallest absolute Gasteiger partial charge is 0.259 e. The number of aryl methyl sites for hydroxylation is 3. The minimum Gasteiger partial charge on any atom is -0.376 e. The Morgan fingerprint density at radius 1 is 1.02 bits per heavy atom. The maximum atomic E-state index is 16.6. The van der Waals surface area contributed by atoms with Crippen LogP contribution in [0.3, 0.4) is 0 Å². The zero-order valence-electron chi connectivity index (χ0n) is 24.1. The number of nitrogens with one attached hydrogen (secondary N) is 1. The maximum absolute atomic E-state index is 16.6. The molecule has 0 aliphatic carbocycles. The molecule has 1 N–H and O–H groups in total. The minimum atomic E-state index is -1.33. The Kier molecular flexibility index (Phi) is 7.83. The number of nitrogens with zero attached hydrogens (tertiary/aromatic N) is 5. The van der Waals surface area contributed by atoms with Crippen molar-refractivity contribution in [1.82, 2.24) is 14.5 Å². The number of hydrogen-bond acceptors (Lipinski definition) is 7. The van der Waals surface area contributed by atoms with Crippen molar-refractivity contribution < 1.29 is 13.0 Å². The largest absolute Gasteiger partial charge is 0.376 e. The molecule has 1 aliphatic rings. The van der Waals surface area contributed by atoms with Crippen LogP contribution in [0.15, 0.2) is 46.3 Å². The Morgan fingerprint density at radius 2 is 1.71 bits per heavy atom. The van der Waals surface area contributed by atoms with Crippen molar-refractivity contribution >= 4 is 38.8 Å². The Hall–Kier alpha value is -3.86. The van der Waals surface area contributed by atoms with Crippen LogP contribution in [0.2, 0.25) is 0 Å². The van der Waals surface area contributed by atoms with E-state index in [0.717, 1.165) is 11.3 Å². The van der Waals surface area contributed by atoms with Crippen molar-refractivity contribution in [3.63, 3.8) is 0 Å². The molecule has 3 aromatic heterocycles. The Morgan fingerprint density at radius 3 is 2.37 bits per heavy atom. The summed E-state index contributed by atoms with van der Waals surface area (Å²) in [5, 5.41) is 4.35. The molecule has 11 heteroatoms. The summed E-state index contributed by atoms with van der Waals surface area (Å²) >= 11 is 0. The van der Waals surface area contributed by atoms with Gasteiger partial charge in [0.1, 0.15) is 16.7 Å². The molecule has 1 fully saturated rings. The van der Waals surface area contributed by atoms with Crippen molar-refractivity contribution in [3.05, 3.63) is 81.0 Å². The first-order valence-electron chi connectivity index (χ1n) is 13.5. The van der Waals surface area contributed by atoms with Crippen LogP contribution in [0.1, 0.15) is 35.5 Å². The fraction of sp³-hybridized carbons (Fsp3) is 0.367. The van der Waals surface area contributed by atoms with Crippen LogP contribution in [-0.4, -0.2) is 51.2 Å². The van der Waals surface area contributed by atoms with Crippen molar-refractivity contribution in [1.29, 1.82) is 0 Å². The van der Waals surface area contributed by atoms with Crippen molar-refractivity contribution in [3.8, 4) is 0 Å². The van der Waals surface area contributed by atoms with Crippen LogP contribution >= 0.6 is 0 Å².